The van der Waals surface area contributed by atoms with Gasteiger partial charge in [-0.3, -0.25) is 0 Å². The average Bonchev–Trinajstić information content (AvgIpc) is 2.23. The van der Waals surface area contributed by atoms with Gasteiger partial charge in [0.1, 0.15) is 0 Å². The van der Waals surface area contributed by atoms with E-state index in [9.17, 15) is 0 Å². The number of ether oxygens (including phenoxy) is 2. The maximum Gasteiger partial charge on any atom is 0.0601 e. The van der Waals surface area contributed by atoms with Crippen LogP contribution in [0.5, 0.6) is 0 Å². The van der Waals surface area contributed by atoms with Crippen LogP contribution in [0, 0.1) is 0 Å². The molecule has 2 aliphatic rings. The topological polar surface area (TPSA) is 30.5 Å². The Bertz CT molecular complexity index is 192. The maximum atomic E-state index is 5.67. The second-order valence-electron chi connectivity index (χ2n) is 4.82. The minimum atomic E-state index is 0.481. The molecule has 1 aliphatic heterocycles. The summed E-state index contributed by atoms with van der Waals surface area (Å²) in [6.07, 6.45) is 6.85. The van der Waals surface area contributed by atoms with Gasteiger partial charge < -0.3 is 14.8 Å². The minimum absolute atomic E-state index is 0.481. The fourth-order valence-electron chi connectivity index (χ4n) is 2.54. The van der Waals surface area contributed by atoms with Crippen LogP contribution in [0.15, 0.2) is 0 Å². The second-order valence-corrected chi connectivity index (χ2v) is 4.82. The molecule has 1 saturated heterocycles. The molecular weight excluding hydrogens is 190 g/mol. The summed E-state index contributed by atoms with van der Waals surface area (Å²) in [6.45, 7) is 3.13. The van der Waals surface area contributed by atoms with Gasteiger partial charge in [-0.1, -0.05) is 6.92 Å². The molecule has 0 aromatic carbocycles. The van der Waals surface area contributed by atoms with E-state index in [1.165, 1.54) is 25.7 Å². The summed E-state index contributed by atoms with van der Waals surface area (Å²) in [5, 5.41) is 3.72. The van der Waals surface area contributed by atoms with E-state index >= 15 is 0 Å². The maximum absolute atomic E-state index is 5.67. The van der Waals surface area contributed by atoms with E-state index in [4.69, 9.17) is 9.47 Å². The number of hydrogen-bond donors (Lipinski definition) is 1. The van der Waals surface area contributed by atoms with Gasteiger partial charge in [0.2, 0.25) is 0 Å². The van der Waals surface area contributed by atoms with E-state index in [-0.39, 0.29) is 0 Å². The van der Waals surface area contributed by atoms with Crippen LogP contribution < -0.4 is 5.32 Å². The molecule has 0 aromatic heterocycles. The highest BCUT2D eigenvalue weighted by Crippen LogP contribution is 2.25. The molecule has 2 atom stereocenters. The molecule has 1 saturated carbocycles. The third-order valence-corrected chi connectivity index (χ3v) is 3.72. The van der Waals surface area contributed by atoms with Crippen molar-refractivity contribution in [3.8, 4) is 0 Å². The van der Waals surface area contributed by atoms with Crippen molar-refractivity contribution in [3.63, 3.8) is 0 Å². The van der Waals surface area contributed by atoms with Gasteiger partial charge in [-0.05, 0) is 32.1 Å². The molecule has 1 aliphatic carbocycles. The number of rotatable bonds is 4. The lowest BCUT2D eigenvalue weighted by atomic mass is 9.87. The molecule has 2 fully saturated rings. The fraction of sp³-hybridized carbons (Fsp3) is 1.00. The van der Waals surface area contributed by atoms with Crippen LogP contribution in [0.3, 0.4) is 0 Å². The lowest BCUT2D eigenvalue weighted by Gasteiger charge is -2.39. The van der Waals surface area contributed by atoms with Crippen LogP contribution in [0.25, 0.3) is 0 Å². The van der Waals surface area contributed by atoms with Crippen molar-refractivity contribution in [1.82, 2.24) is 5.32 Å². The molecule has 0 spiro atoms. The zero-order valence-corrected chi connectivity index (χ0v) is 9.87. The number of hydrogen-bond acceptors (Lipinski definition) is 3. The SMILES string of the molecule is CCC1CC(NC2CC(OC)C2)CCO1. The quantitative estimate of drug-likeness (QED) is 0.771. The molecule has 88 valence electrons. The van der Waals surface area contributed by atoms with E-state index in [1.807, 2.05) is 7.11 Å². The molecule has 2 rings (SSSR count). The molecule has 0 bridgehead atoms. The van der Waals surface area contributed by atoms with Crippen molar-refractivity contribution in [2.75, 3.05) is 13.7 Å². The Hall–Kier alpha value is -0.120. The highest BCUT2D eigenvalue weighted by molar-refractivity contribution is 4.89. The monoisotopic (exact) mass is 213 g/mol. The lowest BCUT2D eigenvalue weighted by molar-refractivity contribution is -0.0190. The molecular formula is C12H23NO2. The molecule has 1 heterocycles. The van der Waals surface area contributed by atoms with E-state index in [0.717, 1.165) is 13.0 Å². The first kappa shape index (κ1) is 11.4. The minimum Gasteiger partial charge on any atom is -0.381 e. The van der Waals surface area contributed by atoms with Crippen LogP contribution >= 0.6 is 0 Å². The van der Waals surface area contributed by atoms with Gasteiger partial charge in [0.25, 0.3) is 0 Å². The second kappa shape index (κ2) is 5.28. The smallest absolute Gasteiger partial charge is 0.0601 e. The van der Waals surface area contributed by atoms with Crippen molar-refractivity contribution >= 4 is 0 Å². The fourth-order valence-corrected chi connectivity index (χ4v) is 2.54. The summed E-state index contributed by atoms with van der Waals surface area (Å²) in [6, 6.07) is 1.36. The van der Waals surface area contributed by atoms with Crippen molar-refractivity contribution < 1.29 is 9.47 Å². The Balaban J connectivity index is 1.66. The Morgan fingerprint density at radius 1 is 1.27 bits per heavy atom. The normalized spacial score (nSPS) is 41.2. The van der Waals surface area contributed by atoms with Crippen LogP contribution in [0.4, 0.5) is 0 Å². The van der Waals surface area contributed by atoms with Crippen molar-refractivity contribution in [2.45, 2.75) is 63.3 Å². The van der Waals surface area contributed by atoms with E-state index in [0.29, 0.717) is 24.3 Å². The zero-order chi connectivity index (χ0) is 10.7. The van der Waals surface area contributed by atoms with Crippen LogP contribution in [0.1, 0.15) is 39.0 Å². The first-order valence-electron chi connectivity index (χ1n) is 6.22. The van der Waals surface area contributed by atoms with Gasteiger partial charge in [0.05, 0.1) is 12.2 Å². The number of nitrogens with one attached hydrogen (secondary N) is 1. The molecule has 3 nitrogen and oxygen atoms in total. The molecule has 3 heteroatoms. The average molecular weight is 213 g/mol. The molecule has 1 N–H and O–H groups in total. The summed E-state index contributed by atoms with van der Waals surface area (Å²) in [5.74, 6) is 0. The first-order chi connectivity index (χ1) is 7.31. The highest BCUT2D eigenvalue weighted by atomic mass is 16.5. The molecule has 15 heavy (non-hydrogen) atoms. The Labute approximate surface area is 92.5 Å². The van der Waals surface area contributed by atoms with Gasteiger partial charge in [0, 0.05) is 25.8 Å². The third kappa shape index (κ3) is 2.92. The predicted octanol–water partition coefficient (Wildman–Crippen LogP) is 1.71. The number of methoxy groups -OCH3 is 1. The summed E-state index contributed by atoms with van der Waals surface area (Å²) >= 11 is 0. The third-order valence-electron chi connectivity index (χ3n) is 3.72. The molecule has 2 unspecified atom stereocenters. The first-order valence-corrected chi connectivity index (χ1v) is 6.22. The van der Waals surface area contributed by atoms with Gasteiger partial charge in [-0.25, -0.2) is 0 Å². The highest BCUT2D eigenvalue weighted by Gasteiger charge is 2.32. The Kier molecular flexibility index (Phi) is 4.00. The largest absolute Gasteiger partial charge is 0.381 e. The lowest BCUT2D eigenvalue weighted by Crippen LogP contribution is -2.51. The van der Waals surface area contributed by atoms with Crippen LogP contribution in [-0.2, 0) is 9.47 Å². The van der Waals surface area contributed by atoms with Gasteiger partial charge in [-0.2, -0.15) is 0 Å². The Morgan fingerprint density at radius 3 is 2.73 bits per heavy atom. The van der Waals surface area contributed by atoms with E-state index in [2.05, 4.69) is 12.2 Å². The Morgan fingerprint density at radius 2 is 2.07 bits per heavy atom. The predicted molar refractivity (Wildman–Crippen MR) is 60.0 cm³/mol. The van der Waals surface area contributed by atoms with Crippen molar-refractivity contribution in [2.24, 2.45) is 0 Å². The standard InChI is InChI=1S/C12H23NO2/c1-3-11-6-9(4-5-15-11)13-10-7-12(8-10)14-2/h9-13H,3-8H2,1-2H3. The van der Waals surface area contributed by atoms with E-state index in [1.54, 1.807) is 0 Å². The molecule has 0 radical (unpaired) electrons. The molecule has 0 amide bonds. The van der Waals surface area contributed by atoms with Crippen molar-refractivity contribution in [1.29, 1.82) is 0 Å². The van der Waals surface area contributed by atoms with Gasteiger partial charge in [0.15, 0.2) is 0 Å². The van der Waals surface area contributed by atoms with Gasteiger partial charge >= 0.3 is 0 Å². The summed E-state index contributed by atoms with van der Waals surface area (Å²) < 4.78 is 11.0. The summed E-state index contributed by atoms with van der Waals surface area (Å²) in [4.78, 5) is 0. The summed E-state index contributed by atoms with van der Waals surface area (Å²) in [7, 11) is 1.81. The summed E-state index contributed by atoms with van der Waals surface area (Å²) in [5.41, 5.74) is 0. The molecule has 0 aromatic rings. The van der Waals surface area contributed by atoms with Crippen molar-refractivity contribution in [3.05, 3.63) is 0 Å². The zero-order valence-electron chi connectivity index (χ0n) is 9.87. The van der Waals surface area contributed by atoms with E-state index < -0.39 is 0 Å². The van der Waals surface area contributed by atoms with Gasteiger partial charge in [-0.15, -0.1) is 0 Å². The van der Waals surface area contributed by atoms with Crippen LogP contribution in [0.2, 0.25) is 0 Å². The van der Waals surface area contributed by atoms with Crippen LogP contribution in [-0.4, -0.2) is 38.0 Å².